The van der Waals surface area contributed by atoms with Gasteiger partial charge in [-0.25, -0.2) is 8.42 Å². The van der Waals surface area contributed by atoms with Crippen LogP contribution in [0.1, 0.15) is 45.2 Å². The second kappa shape index (κ2) is 15.8. The van der Waals surface area contributed by atoms with Crippen LogP contribution in [-0.4, -0.2) is 57.1 Å². The summed E-state index contributed by atoms with van der Waals surface area (Å²) in [5.74, 6) is 0.0821. The van der Waals surface area contributed by atoms with Gasteiger partial charge in [-0.3, -0.25) is 13.9 Å². The standard InChI is InChI=1S/C33H43N3O5S2/c1-7-31(33(38)34-21-24(3)4)35(22-26-11-9-25(5)10-12-26)32(37)23-36(27-13-15-28(16-14-27)41-8-2)43(39,40)30-19-17-29(42-6)18-20-30/h9-20,24,31H,7-8,21-23H2,1-6H3,(H,34,38)/t31-/m0/s1. The summed E-state index contributed by atoms with van der Waals surface area (Å²) >= 11 is 1.51. The maximum absolute atomic E-state index is 14.2. The molecule has 0 saturated carbocycles. The molecule has 0 aliphatic heterocycles. The van der Waals surface area contributed by atoms with E-state index in [4.69, 9.17) is 4.74 Å². The van der Waals surface area contributed by atoms with Crippen LogP contribution in [0.5, 0.6) is 5.75 Å². The predicted octanol–water partition coefficient (Wildman–Crippen LogP) is 5.89. The van der Waals surface area contributed by atoms with E-state index in [1.54, 1.807) is 48.5 Å². The van der Waals surface area contributed by atoms with Crippen LogP contribution >= 0.6 is 11.8 Å². The highest BCUT2D eigenvalue weighted by Crippen LogP contribution is 2.28. The highest BCUT2D eigenvalue weighted by molar-refractivity contribution is 7.98. The topological polar surface area (TPSA) is 96.0 Å². The highest BCUT2D eigenvalue weighted by Gasteiger charge is 2.33. The van der Waals surface area contributed by atoms with Crippen molar-refractivity contribution < 1.29 is 22.7 Å². The third-order valence-corrected chi connectivity index (χ3v) is 9.44. The van der Waals surface area contributed by atoms with Crippen LogP contribution in [-0.2, 0) is 26.2 Å². The van der Waals surface area contributed by atoms with E-state index in [1.165, 1.54) is 16.7 Å². The van der Waals surface area contributed by atoms with Crippen molar-refractivity contribution >= 4 is 39.3 Å². The lowest BCUT2D eigenvalue weighted by atomic mass is 10.1. The summed E-state index contributed by atoms with van der Waals surface area (Å²) in [6.45, 7) is 10.3. The molecule has 0 radical (unpaired) electrons. The van der Waals surface area contributed by atoms with Crippen LogP contribution < -0.4 is 14.4 Å². The predicted molar refractivity (Wildman–Crippen MR) is 174 cm³/mol. The van der Waals surface area contributed by atoms with Gasteiger partial charge in [0, 0.05) is 18.0 Å². The number of anilines is 1. The number of thioether (sulfide) groups is 1. The summed E-state index contributed by atoms with van der Waals surface area (Å²) < 4.78 is 34.8. The quantitative estimate of drug-likeness (QED) is 0.212. The molecular formula is C33H43N3O5S2. The molecule has 0 bridgehead atoms. The van der Waals surface area contributed by atoms with Crippen molar-refractivity contribution in [1.82, 2.24) is 10.2 Å². The summed E-state index contributed by atoms with van der Waals surface area (Å²) in [5, 5.41) is 2.95. The van der Waals surface area contributed by atoms with E-state index in [0.29, 0.717) is 31.0 Å². The first-order valence-electron chi connectivity index (χ1n) is 14.5. The molecule has 0 heterocycles. The molecule has 0 saturated heterocycles. The molecule has 0 spiro atoms. The summed E-state index contributed by atoms with van der Waals surface area (Å²) in [5.41, 5.74) is 2.24. The Bertz CT molecular complexity index is 1440. The van der Waals surface area contributed by atoms with Gasteiger partial charge in [0.15, 0.2) is 0 Å². The molecule has 3 aromatic carbocycles. The van der Waals surface area contributed by atoms with E-state index >= 15 is 0 Å². The van der Waals surface area contributed by atoms with Gasteiger partial charge < -0.3 is 15.0 Å². The fraction of sp³-hybridized carbons (Fsp3) is 0.394. The molecule has 1 N–H and O–H groups in total. The third kappa shape index (κ3) is 9.24. The summed E-state index contributed by atoms with van der Waals surface area (Å²) in [7, 11) is -4.15. The van der Waals surface area contributed by atoms with E-state index in [0.717, 1.165) is 20.3 Å². The number of hydrogen-bond donors (Lipinski definition) is 1. The Balaban J connectivity index is 2.05. The van der Waals surface area contributed by atoms with Crippen LogP contribution in [0.4, 0.5) is 5.69 Å². The Labute approximate surface area is 260 Å². The first kappa shape index (κ1) is 34.0. The number of ether oxygens (including phenoxy) is 1. The molecule has 8 nitrogen and oxygen atoms in total. The van der Waals surface area contributed by atoms with E-state index in [9.17, 15) is 18.0 Å². The maximum Gasteiger partial charge on any atom is 0.264 e. The monoisotopic (exact) mass is 625 g/mol. The van der Waals surface area contributed by atoms with Gasteiger partial charge in [-0.2, -0.15) is 0 Å². The van der Waals surface area contributed by atoms with E-state index < -0.39 is 28.5 Å². The number of carbonyl (C=O) groups excluding carboxylic acids is 2. The minimum Gasteiger partial charge on any atom is -0.494 e. The second-order valence-electron chi connectivity index (χ2n) is 10.7. The van der Waals surface area contributed by atoms with Crippen molar-refractivity contribution in [2.24, 2.45) is 5.92 Å². The second-order valence-corrected chi connectivity index (χ2v) is 13.4. The number of sulfonamides is 1. The van der Waals surface area contributed by atoms with Gasteiger partial charge in [0.25, 0.3) is 10.0 Å². The Morgan fingerprint density at radius 3 is 2.09 bits per heavy atom. The van der Waals surface area contributed by atoms with Crippen molar-refractivity contribution in [3.8, 4) is 5.75 Å². The largest absolute Gasteiger partial charge is 0.494 e. The van der Waals surface area contributed by atoms with Gasteiger partial charge in [0.1, 0.15) is 18.3 Å². The molecule has 232 valence electrons. The number of benzene rings is 3. The normalized spacial score (nSPS) is 12.1. The average molecular weight is 626 g/mol. The molecule has 10 heteroatoms. The van der Waals surface area contributed by atoms with Crippen LogP contribution in [0.3, 0.4) is 0 Å². The lowest BCUT2D eigenvalue weighted by Gasteiger charge is -2.33. The van der Waals surface area contributed by atoms with Crippen molar-refractivity contribution in [2.45, 2.75) is 63.4 Å². The molecule has 3 aromatic rings. The lowest BCUT2D eigenvalue weighted by Crippen LogP contribution is -2.52. The van der Waals surface area contributed by atoms with Crippen LogP contribution in [0.2, 0.25) is 0 Å². The van der Waals surface area contributed by atoms with Crippen LogP contribution in [0, 0.1) is 12.8 Å². The molecule has 0 aliphatic carbocycles. The zero-order chi connectivity index (χ0) is 31.6. The van der Waals surface area contributed by atoms with Gasteiger partial charge >= 0.3 is 0 Å². The van der Waals surface area contributed by atoms with Gasteiger partial charge in [-0.05, 0) is 86.5 Å². The number of aryl methyl sites for hydroxylation is 1. The number of amides is 2. The third-order valence-electron chi connectivity index (χ3n) is 6.91. The molecular weight excluding hydrogens is 583 g/mol. The van der Waals surface area contributed by atoms with E-state index in [1.807, 2.05) is 65.1 Å². The van der Waals surface area contributed by atoms with Gasteiger partial charge in [-0.15, -0.1) is 11.8 Å². The maximum atomic E-state index is 14.2. The summed E-state index contributed by atoms with van der Waals surface area (Å²) in [6, 6.07) is 20.2. The molecule has 3 rings (SSSR count). The molecule has 2 amide bonds. The highest BCUT2D eigenvalue weighted by atomic mass is 32.2. The molecule has 0 aliphatic rings. The molecule has 0 aromatic heterocycles. The van der Waals surface area contributed by atoms with Crippen molar-refractivity contribution in [2.75, 3.05) is 30.3 Å². The van der Waals surface area contributed by atoms with Crippen LogP contribution in [0.15, 0.2) is 82.6 Å². The molecule has 43 heavy (non-hydrogen) atoms. The first-order valence-corrected chi connectivity index (χ1v) is 17.2. The van der Waals surface area contributed by atoms with Crippen molar-refractivity contribution in [3.05, 3.63) is 83.9 Å². The number of nitrogens with zero attached hydrogens (tertiary/aromatic N) is 2. The van der Waals surface area contributed by atoms with Crippen LogP contribution in [0.25, 0.3) is 0 Å². The van der Waals surface area contributed by atoms with E-state index in [-0.39, 0.29) is 23.3 Å². The summed E-state index contributed by atoms with van der Waals surface area (Å²) in [6.07, 6.45) is 2.28. The number of hydrogen-bond acceptors (Lipinski definition) is 6. The van der Waals surface area contributed by atoms with Gasteiger partial charge in [0.05, 0.1) is 17.2 Å². The van der Waals surface area contributed by atoms with Crippen molar-refractivity contribution in [3.63, 3.8) is 0 Å². The number of rotatable bonds is 15. The molecule has 0 unspecified atom stereocenters. The van der Waals surface area contributed by atoms with E-state index in [2.05, 4.69) is 5.32 Å². The zero-order valence-corrected chi connectivity index (χ0v) is 27.5. The summed E-state index contributed by atoms with van der Waals surface area (Å²) in [4.78, 5) is 30.0. The smallest absolute Gasteiger partial charge is 0.264 e. The molecule has 1 atom stereocenters. The Morgan fingerprint density at radius 2 is 1.56 bits per heavy atom. The minimum absolute atomic E-state index is 0.0683. The number of nitrogens with one attached hydrogen (secondary N) is 1. The first-order chi connectivity index (χ1) is 20.5. The van der Waals surface area contributed by atoms with Gasteiger partial charge in [-0.1, -0.05) is 50.6 Å². The van der Waals surface area contributed by atoms with Gasteiger partial charge in [0.2, 0.25) is 11.8 Å². The SMILES string of the molecule is CCOc1ccc(N(CC(=O)N(Cc2ccc(C)cc2)[C@@H](CC)C(=O)NCC(C)C)S(=O)(=O)c2ccc(SC)cc2)cc1. The fourth-order valence-electron chi connectivity index (χ4n) is 4.51. The average Bonchev–Trinajstić information content (AvgIpc) is 3.00. The molecule has 0 fully saturated rings. The Kier molecular flexibility index (Phi) is 12.5. The zero-order valence-electron chi connectivity index (χ0n) is 25.9. The van der Waals surface area contributed by atoms with Crippen molar-refractivity contribution in [1.29, 1.82) is 0 Å². The minimum atomic E-state index is -4.15. The lowest BCUT2D eigenvalue weighted by molar-refractivity contribution is -0.140. The Morgan fingerprint density at radius 1 is 0.930 bits per heavy atom. The fourth-order valence-corrected chi connectivity index (χ4v) is 6.33. The number of carbonyl (C=O) groups is 2. The Hall–Kier alpha value is -3.50.